The lowest BCUT2D eigenvalue weighted by atomic mass is 10.1. The van der Waals surface area contributed by atoms with E-state index in [1.807, 2.05) is 7.05 Å². The van der Waals surface area contributed by atoms with Crippen LogP contribution in [0.3, 0.4) is 0 Å². The van der Waals surface area contributed by atoms with Crippen LogP contribution in [0.2, 0.25) is 0 Å². The number of benzene rings is 1. The lowest BCUT2D eigenvalue weighted by Crippen LogP contribution is -2.53. The molecule has 0 saturated carbocycles. The van der Waals surface area contributed by atoms with Gasteiger partial charge in [0.25, 0.3) is 0 Å². The molecule has 2 atom stereocenters. The quantitative estimate of drug-likeness (QED) is 0.277. The Kier molecular flexibility index (Phi) is 13.6. The molecule has 0 aromatic heterocycles. The highest BCUT2D eigenvalue weighted by molar-refractivity contribution is 14.0. The summed E-state index contributed by atoms with van der Waals surface area (Å²) in [6.07, 6.45) is 0. The highest BCUT2D eigenvalue weighted by Gasteiger charge is 2.21. The van der Waals surface area contributed by atoms with Crippen LogP contribution in [-0.2, 0) is 0 Å². The molecular weight excluding hydrogens is 487 g/mol. The third-order valence-corrected chi connectivity index (χ3v) is 6.17. The predicted molar refractivity (Wildman–Crippen MR) is 140 cm³/mol. The Hall–Kier alpha value is -0.900. The maximum Gasteiger partial charge on any atom is 0.191 e. The van der Waals surface area contributed by atoms with E-state index in [-0.39, 0.29) is 24.0 Å². The molecule has 7 heteroatoms. The summed E-state index contributed by atoms with van der Waals surface area (Å²) in [6, 6.07) is 11.6. The van der Waals surface area contributed by atoms with Gasteiger partial charge in [-0.25, -0.2) is 0 Å². The molecule has 1 fully saturated rings. The van der Waals surface area contributed by atoms with Crippen molar-refractivity contribution in [2.45, 2.75) is 39.8 Å². The van der Waals surface area contributed by atoms with Gasteiger partial charge < -0.3 is 15.5 Å². The number of guanidine groups is 1. The third-order valence-electron chi connectivity index (χ3n) is 6.17. The van der Waals surface area contributed by atoms with Crippen molar-refractivity contribution in [3.63, 3.8) is 0 Å². The monoisotopic (exact) mass is 530 g/mol. The lowest BCUT2D eigenvalue weighted by molar-refractivity contribution is 0.107. The Morgan fingerprint density at radius 1 is 1.00 bits per heavy atom. The van der Waals surface area contributed by atoms with E-state index in [4.69, 9.17) is 0 Å². The van der Waals surface area contributed by atoms with Crippen molar-refractivity contribution in [1.82, 2.24) is 25.3 Å². The second kappa shape index (κ2) is 15.0. The van der Waals surface area contributed by atoms with E-state index in [0.29, 0.717) is 12.1 Å². The molecule has 1 aliphatic rings. The molecule has 0 radical (unpaired) electrons. The minimum absolute atomic E-state index is 0. The number of nitrogens with zero attached hydrogens (tertiary/aromatic N) is 4. The zero-order valence-electron chi connectivity index (χ0n) is 19.6. The minimum Gasteiger partial charge on any atom is -0.355 e. The number of hydrogen-bond acceptors (Lipinski definition) is 4. The Labute approximate surface area is 201 Å². The molecule has 1 heterocycles. The van der Waals surface area contributed by atoms with Gasteiger partial charge in [-0.2, -0.15) is 0 Å². The summed E-state index contributed by atoms with van der Waals surface area (Å²) in [4.78, 5) is 12.0. The van der Waals surface area contributed by atoms with Crippen LogP contribution in [0, 0.1) is 0 Å². The van der Waals surface area contributed by atoms with Gasteiger partial charge in [0.2, 0.25) is 0 Å². The average molecular weight is 531 g/mol. The fourth-order valence-corrected chi connectivity index (χ4v) is 4.11. The minimum atomic E-state index is 0. The molecule has 0 amide bonds. The van der Waals surface area contributed by atoms with Crippen LogP contribution in [0.15, 0.2) is 35.3 Å². The van der Waals surface area contributed by atoms with Crippen molar-refractivity contribution >= 4 is 29.9 Å². The van der Waals surface area contributed by atoms with Crippen LogP contribution >= 0.6 is 24.0 Å². The van der Waals surface area contributed by atoms with Gasteiger partial charge in [-0.15, -0.1) is 24.0 Å². The van der Waals surface area contributed by atoms with Crippen molar-refractivity contribution in [2.24, 2.45) is 4.99 Å². The Morgan fingerprint density at radius 3 is 2.13 bits per heavy atom. The van der Waals surface area contributed by atoms with Gasteiger partial charge in [0.15, 0.2) is 5.96 Å². The molecule has 1 aromatic carbocycles. The van der Waals surface area contributed by atoms with Crippen molar-refractivity contribution < 1.29 is 0 Å². The maximum atomic E-state index is 4.46. The fourth-order valence-electron chi connectivity index (χ4n) is 4.11. The fraction of sp³-hybridized carbons (Fsp3) is 0.696. The maximum absolute atomic E-state index is 4.46. The first kappa shape index (κ1) is 27.1. The Balaban J connectivity index is 0.00000450. The van der Waals surface area contributed by atoms with Crippen LogP contribution in [0.5, 0.6) is 0 Å². The molecule has 2 unspecified atom stereocenters. The molecule has 0 spiro atoms. The highest BCUT2D eigenvalue weighted by atomic mass is 127. The Bertz CT molecular complexity index is 585. The smallest absolute Gasteiger partial charge is 0.191 e. The number of aliphatic imine (C=N–C) groups is 1. The normalized spacial score (nSPS) is 18.0. The zero-order valence-corrected chi connectivity index (χ0v) is 21.9. The standard InChI is InChI=1S/C23H42N6.HI/c1-6-27-14-16-29(17-15-27)20(4)18-25-23(24-5)26-19-22(28(7-2)8-3)21-12-10-9-11-13-21;/h9-13,20,22H,6-8,14-19H2,1-5H3,(H2,24,25,26);1H. The van der Waals surface area contributed by atoms with Crippen molar-refractivity contribution in [3.8, 4) is 0 Å². The molecule has 0 aliphatic carbocycles. The predicted octanol–water partition coefficient (Wildman–Crippen LogP) is 2.88. The summed E-state index contributed by atoms with van der Waals surface area (Å²) in [7, 11) is 1.86. The third kappa shape index (κ3) is 8.32. The Morgan fingerprint density at radius 2 is 1.60 bits per heavy atom. The first-order valence-corrected chi connectivity index (χ1v) is 11.3. The number of piperazine rings is 1. The van der Waals surface area contributed by atoms with E-state index in [1.54, 1.807) is 0 Å². The molecule has 2 N–H and O–H groups in total. The van der Waals surface area contributed by atoms with Gasteiger partial charge in [-0.3, -0.25) is 14.8 Å². The van der Waals surface area contributed by atoms with Gasteiger partial charge in [0, 0.05) is 52.4 Å². The van der Waals surface area contributed by atoms with Gasteiger partial charge >= 0.3 is 0 Å². The summed E-state index contributed by atoms with van der Waals surface area (Å²) >= 11 is 0. The summed E-state index contributed by atoms with van der Waals surface area (Å²) in [5.74, 6) is 0.886. The second-order valence-corrected chi connectivity index (χ2v) is 7.80. The number of halogens is 1. The largest absolute Gasteiger partial charge is 0.355 e. The second-order valence-electron chi connectivity index (χ2n) is 7.80. The van der Waals surface area contributed by atoms with Crippen LogP contribution in [0.25, 0.3) is 0 Å². The van der Waals surface area contributed by atoms with Crippen molar-refractivity contribution in [1.29, 1.82) is 0 Å². The summed E-state index contributed by atoms with van der Waals surface area (Å²) < 4.78 is 0. The molecular formula is C23H43IN6. The molecule has 1 aromatic rings. The molecule has 6 nitrogen and oxygen atoms in total. The molecule has 1 saturated heterocycles. The molecule has 0 bridgehead atoms. The number of likely N-dealkylation sites (N-methyl/N-ethyl adjacent to an activating group) is 2. The van der Waals surface area contributed by atoms with E-state index < -0.39 is 0 Å². The summed E-state index contributed by atoms with van der Waals surface area (Å²) in [5, 5.41) is 7.10. The zero-order chi connectivity index (χ0) is 21.1. The SMILES string of the molecule is CCN1CCN(C(C)CNC(=NC)NCC(c2ccccc2)N(CC)CC)CC1.I. The van der Waals surface area contributed by atoms with Crippen molar-refractivity contribution in [3.05, 3.63) is 35.9 Å². The van der Waals surface area contributed by atoms with Gasteiger partial charge in [-0.05, 0) is 32.1 Å². The van der Waals surface area contributed by atoms with Gasteiger partial charge in [0.1, 0.15) is 0 Å². The highest BCUT2D eigenvalue weighted by Crippen LogP contribution is 2.19. The van der Waals surface area contributed by atoms with E-state index in [0.717, 1.165) is 51.8 Å². The first-order valence-electron chi connectivity index (χ1n) is 11.3. The number of rotatable bonds is 10. The van der Waals surface area contributed by atoms with E-state index in [1.165, 1.54) is 18.7 Å². The van der Waals surface area contributed by atoms with Gasteiger partial charge in [-0.1, -0.05) is 51.1 Å². The van der Waals surface area contributed by atoms with Gasteiger partial charge in [0.05, 0.1) is 6.04 Å². The summed E-state index contributed by atoms with van der Waals surface area (Å²) in [5.41, 5.74) is 1.35. The first-order chi connectivity index (χ1) is 14.1. The molecule has 172 valence electrons. The van der Waals surface area contributed by atoms with E-state index in [2.05, 4.69) is 88.4 Å². The average Bonchev–Trinajstić information content (AvgIpc) is 2.78. The van der Waals surface area contributed by atoms with E-state index in [9.17, 15) is 0 Å². The molecule has 2 rings (SSSR count). The van der Waals surface area contributed by atoms with Crippen LogP contribution in [-0.4, -0.2) is 92.7 Å². The van der Waals surface area contributed by atoms with Crippen molar-refractivity contribution in [2.75, 3.05) is 66.0 Å². The summed E-state index contributed by atoms with van der Waals surface area (Å²) in [6.45, 7) is 18.7. The van der Waals surface area contributed by atoms with E-state index >= 15 is 0 Å². The number of hydrogen-bond donors (Lipinski definition) is 2. The number of nitrogens with one attached hydrogen (secondary N) is 2. The van der Waals surface area contributed by atoms with Crippen LogP contribution < -0.4 is 10.6 Å². The molecule has 1 aliphatic heterocycles. The molecule has 30 heavy (non-hydrogen) atoms. The topological polar surface area (TPSA) is 46.1 Å². The van der Waals surface area contributed by atoms with Crippen LogP contribution in [0.4, 0.5) is 0 Å². The lowest BCUT2D eigenvalue weighted by Gasteiger charge is -2.37. The van der Waals surface area contributed by atoms with Crippen LogP contribution in [0.1, 0.15) is 39.3 Å².